The maximum absolute atomic E-state index is 5.56. The van der Waals surface area contributed by atoms with Gasteiger partial charge in [0.05, 0.1) is 7.11 Å². The van der Waals surface area contributed by atoms with Gasteiger partial charge in [0.15, 0.2) is 0 Å². The van der Waals surface area contributed by atoms with E-state index in [4.69, 9.17) is 10.5 Å². The van der Waals surface area contributed by atoms with Gasteiger partial charge in [-0.2, -0.15) is 0 Å². The van der Waals surface area contributed by atoms with Crippen molar-refractivity contribution in [2.45, 2.75) is 13.8 Å². The van der Waals surface area contributed by atoms with E-state index in [2.05, 4.69) is 26.5 Å². The molecule has 0 aliphatic rings. The number of benzene rings is 1. The Bertz CT molecular complexity index is 356. The summed E-state index contributed by atoms with van der Waals surface area (Å²) in [7, 11) is 1.66. The van der Waals surface area contributed by atoms with Crippen LogP contribution < -0.4 is 10.5 Å². The Kier molecular flexibility index (Phi) is 3.31. The van der Waals surface area contributed by atoms with Crippen molar-refractivity contribution in [2.75, 3.05) is 13.7 Å². The SMILES string of the molecule is C=C(CN)c1cc(C)c(C)cc1OC. The second-order valence-electron chi connectivity index (χ2n) is 3.44. The fourth-order valence-electron chi connectivity index (χ4n) is 1.34. The highest BCUT2D eigenvalue weighted by atomic mass is 16.5. The summed E-state index contributed by atoms with van der Waals surface area (Å²) < 4.78 is 5.29. The van der Waals surface area contributed by atoms with Crippen molar-refractivity contribution < 1.29 is 4.74 Å². The van der Waals surface area contributed by atoms with Gasteiger partial charge < -0.3 is 10.5 Å². The minimum atomic E-state index is 0.457. The number of hydrogen-bond acceptors (Lipinski definition) is 2. The van der Waals surface area contributed by atoms with Gasteiger partial charge in [0.2, 0.25) is 0 Å². The van der Waals surface area contributed by atoms with E-state index in [1.807, 2.05) is 6.07 Å². The second-order valence-corrected chi connectivity index (χ2v) is 3.44. The van der Waals surface area contributed by atoms with E-state index < -0.39 is 0 Å². The Balaban J connectivity index is 3.27. The average Bonchev–Trinajstić information content (AvgIpc) is 2.20. The number of methoxy groups -OCH3 is 1. The molecule has 0 aliphatic carbocycles. The highest BCUT2D eigenvalue weighted by molar-refractivity contribution is 5.71. The molecule has 1 aromatic carbocycles. The molecule has 76 valence electrons. The lowest BCUT2D eigenvalue weighted by Crippen LogP contribution is -2.03. The predicted octanol–water partition coefficient (Wildman–Crippen LogP) is 2.28. The minimum absolute atomic E-state index is 0.457. The van der Waals surface area contributed by atoms with Crippen molar-refractivity contribution in [3.63, 3.8) is 0 Å². The van der Waals surface area contributed by atoms with Crippen LogP contribution in [-0.2, 0) is 0 Å². The summed E-state index contributed by atoms with van der Waals surface area (Å²) in [4.78, 5) is 0. The zero-order valence-corrected chi connectivity index (χ0v) is 9.05. The van der Waals surface area contributed by atoms with Crippen LogP contribution in [0.1, 0.15) is 16.7 Å². The topological polar surface area (TPSA) is 35.2 Å². The first-order valence-corrected chi connectivity index (χ1v) is 4.63. The normalized spacial score (nSPS) is 10.0. The molecule has 0 amide bonds. The van der Waals surface area contributed by atoms with Gasteiger partial charge in [-0.15, -0.1) is 0 Å². The monoisotopic (exact) mass is 191 g/mol. The molecule has 14 heavy (non-hydrogen) atoms. The molecule has 0 aliphatic heterocycles. The van der Waals surface area contributed by atoms with Crippen LogP contribution in [-0.4, -0.2) is 13.7 Å². The van der Waals surface area contributed by atoms with Crippen molar-refractivity contribution in [3.8, 4) is 5.75 Å². The highest BCUT2D eigenvalue weighted by Crippen LogP contribution is 2.27. The van der Waals surface area contributed by atoms with Crippen LogP contribution in [0.15, 0.2) is 18.7 Å². The summed E-state index contributed by atoms with van der Waals surface area (Å²) in [5, 5.41) is 0. The zero-order chi connectivity index (χ0) is 10.7. The van der Waals surface area contributed by atoms with Gasteiger partial charge in [-0.25, -0.2) is 0 Å². The average molecular weight is 191 g/mol. The molecular weight excluding hydrogens is 174 g/mol. The molecule has 0 heterocycles. The lowest BCUT2D eigenvalue weighted by atomic mass is 10.0. The van der Waals surface area contributed by atoms with E-state index in [9.17, 15) is 0 Å². The predicted molar refractivity (Wildman–Crippen MR) is 60.6 cm³/mol. The van der Waals surface area contributed by atoms with Crippen LogP contribution in [0, 0.1) is 13.8 Å². The van der Waals surface area contributed by atoms with Crippen molar-refractivity contribution in [2.24, 2.45) is 5.73 Å². The molecular formula is C12H17NO. The molecule has 2 heteroatoms. The lowest BCUT2D eigenvalue weighted by molar-refractivity contribution is 0.413. The quantitative estimate of drug-likeness (QED) is 0.795. The van der Waals surface area contributed by atoms with Gasteiger partial charge in [0, 0.05) is 12.1 Å². The van der Waals surface area contributed by atoms with E-state index >= 15 is 0 Å². The second kappa shape index (κ2) is 4.29. The fourth-order valence-corrected chi connectivity index (χ4v) is 1.34. The van der Waals surface area contributed by atoms with Gasteiger partial charge in [-0.1, -0.05) is 6.58 Å². The van der Waals surface area contributed by atoms with E-state index in [1.165, 1.54) is 11.1 Å². The van der Waals surface area contributed by atoms with Gasteiger partial charge in [-0.3, -0.25) is 0 Å². The third kappa shape index (κ3) is 1.96. The molecule has 0 unspecified atom stereocenters. The van der Waals surface area contributed by atoms with E-state index in [-0.39, 0.29) is 0 Å². The van der Waals surface area contributed by atoms with Crippen LogP contribution in [0.3, 0.4) is 0 Å². The standard InChI is InChI=1S/C12H17NO/c1-8-5-11(10(3)7-13)12(14-4)6-9(8)2/h5-6H,3,7,13H2,1-2,4H3. The van der Waals surface area contributed by atoms with Crippen molar-refractivity contribution in [3.05, 3.63) is 35.4 Å². The van der Waals surface area contributed by atoms with Crippen LogP contribution in [0.5, 0.6) is 5.75 Å². The summed E-state index contributed by atoms with van der Waals surface area (Å²) in [5.41, 5.74) is 9.93. The number of nitrogens with two attached hydrogens (primary N) is 1. The maximum Gasteiger partial charge on any atom is 0.126 e. The lowest BCUT2D eigenvalue weighted by Gasteiger charge is -2.12. The Hall–Kier alpha value is -1.28. The molecule has 0 bridgehead atoms. The van der Waals surface area contributed by atoms with Crippen LogP contribution in [0.2, 0.25) is 0 Å². The molecule has 1 rings (SSSR count). The van der Waals surface area contributed by atoms with Crippen molar-refractivity contribution in [1.82, 2.24) is 0 Å². The van der Waals surface area contributed by atoms with Crippen LogP contribution in [0.4, 0.5) is 0 Å². The van der Waals surface area contributed by atoms with Crippen molar-refractivity contribution in [1.29, 1.82) is 0 Å². The van der Waals surface area contributed by atoms with Gasteiger partial charge in [0.1, 0.15) is 5.75 Å². The molecule has 0 spiro atoms. The van der Waals surface area contributed by atoms with Gasteiger partial charge in [-0.05, 0) is 42.7 Å². The molecule has 1 aromatic rings. The molecule has 0 aromatic heterocycles. The van der Waals surface area contributed by atoms with Gasteiger partial charge >= 0.3 is 0 Å². The third-order valence-corrected chi connectivity index (χ3v) is 2.44. The largest absolute Gasteiger partial charge is 0.496 e. The van der Waals surface area contributed by atoms with E-state index in [1.54, 1.807) is 7.11 Å². The summed E-state index contributed by atoms with van der Waals surface area (Å²) >= 11 is 0. The Morgan fingerprint density at radius 2 is 1.93 bits per heavy atom. The molecule has 2 N–H and O–H groups in total. The third-order valence-electron chi connectivity index (χ3n) is 2.44. The van der Waals surface area contributed by atoms with Crippen molar-refractivity contribution >= 4 is 5.57 Å². The van der Waals surface area contributed by atoms with Gasteiger partial charge in [0.25, 0.3) is 0 Å². The molecule has 0 atom stereocenters. The van der Waals surface area contributed by atoms with E-state index in [0.29, 0.717) is 6.54 Å². The number of aryl methyl sites for hydroxylation is 2. The van der Waals surface area contributed by atoms with Crippen LogP contribution >= 0.6 is 0 Å². The maximum atomic E-state index is 5.56. The van der Waals surface area contributed by atoms with Crippen LogP contribution in [0.25, 0.3) is 5.57 Å². The number of hydrogen-bond donors (Lipinski definition) is 1. The first-order valence-electron chi connectivity index (χ1n) is 4.63. The number of ether oxygens (including phenoxy) is 1. The molecule has 0 saturated carbocycles. The molecule has 0 saturated heterocycles. The summed E-state index contributed by atoms with van der Waals surface area (Å²) in [6.45, 7) is 8.51. The smallest absolute Gasteiger partial charge is 0.126 e. The first-order chi connectivity index (χ1) is 6.60. The molecule has 0 fully saturated rings. The first kappa shape index (κ1) is 10.8. The Morgan fingerprint density at radius 3 is 2.43 bits per heavy atom. The highest BCUT2D eigenvalue weighted by Gasteiger charge is 2.07. The zero-order valence-electron chi connectivity index (χ0n) is 9.05. The molecule has 2 nitrogen and oxygen atoms in total. The fraction of sp³-hybridized carbons (Fsp3) is 0.333. The Morgan fingerprint density at radius 1 is 1.36 bits per heavy atom. The minimum Gasteiger partial charge on any atom is -0.496 e. The number of rotatable bonds is 3. The summed E-state index contributed by atoms with van der Waals surface area (Å²) in [5.74, 6) is 0.851. The summed E-state index contributed by atoms with van der Waals surface area (Å²) in [6, 6.07) is 4.09. The molecule has 0 radical (unpaired) electrons. The summed E-state index contributed by atoms with van der Waals surface area (Å²) in [6.07, 6.45) is 0. The van der Waals surface area contributed by atoms with E-state index in [0.717, 1.165) is 16.9 Å². The Labute approximate surface area is 85.4 Å².